The number of hydrogen-bond acceptors (Lipinski definition) is 5. The van der Waals surface area contributed by atoms with Crippen molar-refractivity contribution >= 4 is 35.3 Å². The number of carbonyl (C=O) groups excluding carboxylic acids is 2. The number of aromatic amines is 1. The highest BCUT2D eigenvalue weighted by Crippen LogP contribution is 2.25. The van der Waals surface area contributed by atoms with E-state index < -0.39 is 22.4 Å². The zero-order chi connectivity index (χ0) is 26.1. The summed E-state index contributed by atoms with van der Waals surface area (Å²) in [5.41, 5.74) is 1.84. The molecule has 0 bridgehead atoms. The van der Waals surface area contributed by atoms with Crippen molar-refractivity contribution in [2.75, 3.05) is 0 Å². The van der Waals surface area contributed by atoms with E-state index in [9.17, 15) is 24.5 Å². The molecule has 3 amide bonds. The van der Waals surface area contributed by atoms with Crippen molar-refractivity contribution in [3.63, 3.8) is 0 Å². The van der Waals surface area contributed by atoms with E-state index in [4.69, 9.17) is 11.6 Å². The molecule has 37 heavy (non-hydrogen) atoms. The topological polar surface area (TPSA) is 130 Å². The average molecular weight is 516 g/mol. The molecule has 1 aliphatic heterocycles. The smallest absolute Gasteiger partial charge is 0.303 e. The number of hydrogen-bond donors (Lipinski definition) is 2. The predicted octanol–water partition coefficient (Wildman–Crippen LogP) is 4.49. The zero-order valence-electron chi connectivity index (χ0n) is 19.1. The summed E-state index contributed by atoms with van der Waals surface area (Å²) in [4.78, 5) is 50.5. The second kappa shape index (κ2) is 9.59. The molecule has 4 aromatic rings. The Morgan fingerprint density at radius 3 is 2.24 bits per heavy atom. The van der Waals surface area contributed by atoms with Gasteiger partial charge in [0.1, 0.15) is 5.70 Å². The van der Waals surface area contributed by atoms with Gasteiger partial charge >= 0.3 is 6.03 Å². The Labute approximate surface area is 214 Å². The van der Waals surface area contributed by atoms with Crippen molar-refractivity contribution in [1.82, 2.24) is 20.0 Å². The number of benzene rings is 3. The van der Waals surface area contributed by atoms with E-state index in [0.717, 1.165) is 4.90 Å². The Balaban J connectivity index is 1.52. The summed E-state index contributed by atoms with van der Waals surface area (Å²) >= 11 is 5.99. The highest BCUT2D eigenvalue weighted by molar-refractivity contribution is 6.30. The molecule has 11 heteroatoms. The lowest BCUT2D eigenvalue weighted by molar-refractivity contribution is -0.384. The summed E-state index contributed by atoms with van der Waals surface area (Å²) in [6.07, 6.45) is 1.35. The maximum Gasteiger partial charge on any atom is 0.329 e. The second-order valence-corrected chi connectivity index (χ2v) is 8.62. The molecule has 3 aromatic carbocycles. The molecule has 0 spiro atoms. The molecular formula is C26H18ClN5O5. The van der Waals surface area contributed by atoms with E-state index in [1.54, 1.807) is 24.3 Å². The van der Waals surface area contributed by atoms with Gasteiger partial charge in [-0.15, -0.1) is 0 Å². The predicted molar refractivity (Wildman–Crippen MR) is 137 cm³/mol. The molecular weight excluding hydrogens is 498 g/mol. The first-order valence-electron chi connectivity index (χ1n) is 11.1. The van der Waals surface area contributed by atoms with Crippen LogP contribution in [0.25, 0.3) is 23.0 Å². The van der Waals surface area contributed by atoms with Crippen LogP contribution in [-0.2, 0) is 11.3 Å². The SMILES string of the molecule is O=C1NC(=Cc2c(-c3ccccc3)[nH]n(-c3ccc(Cl)cc3)c2=O)C(=O)N1Cc1ccc([N+](=O)[O-])cc1. The quantitative estimate of drug-likeness (QED) is 0.169. The molecule has 2 N–H and O–H groups in total. The molecule has 1 aromatic heterocycles. The van der Waals surface area contributed by atoms with E-state index in [2.05, 4.69) is 10.4 Å². The van der Waals surface area contributed by atoms with Gasteiger partial charge < -0.3 is 5.32 Å². The average Bonchev–Trinajstić information content (AvgIpc) is 3.36. The van der Waals surface area contributed by atoms with Gasteiger partial charge in [-0.3, -0.25) is 29.7 Å². The van der Waals surface area contributed by atoms with Crippen LogP contribution in [-0.4, -0.2) is 31.5 Å². The van der Waals surface area contributed by atoms with Crippen molar-refractivity contribution < 1.29 is 14.5 Å². The molecule has 0 radical (unpaired) electrons. The van der Waals surface area contributed by atoms with Crippen LogP contribution in [0, 0.1) is 10.1 Å². The maximum atomic E-state index is 13.4. The highest BCUT2D eigenvalue weighted by atomic mass is 35.5. The highest BCUT2D eigenvalue weighted by Gasteiger charge is 2.34. The van der Waals surface area contributed by atoms with Crippen LogP contribution in [0.2, 0.25) is 5.02 Å². The molecule has 1 saturated heterocycles. The van der Waals surface area contributed by atoms with Crippen molar-refractivity contribution in [3.05, 3.63) is 121 Å². The number of carbonyl (C=O) groups is 2. The number of H-pyrrole nitrogens is 1. The summed E-state index contributed by atoms with van der Waals surface area (Å²) in [5.74, 6) is -0.624. The lowest BCUT2D eigenvalue weighted by atomic mass is 10.1. The van der Waals surface area contributed by atoms with Gasteiger partial charge in [0.25, 0.3) is 17.2 Å². The number of urea groups is 1. The van der Waals surface area contributed by atoms with Gasteiger partial charge in [0.05, 0.1) is 28.4 Å². The number of nitrogens with one attached hydrogen (secondary N) is 2. The minimum atomic E-state index is -0.663. The first-order valence-corrected chi connectivity index (χ1v) is 11.4. The monoisotopic (exact) mass is 515 g/mol. The number of non-ortho nitro benzene ring substituents is 1. The van der Waals surface area contributed by atoms with E-state index in [0.29, 0.717) is 27.5 Å². The van der Waals surface area contributed by atoms with E-state index in [-0.39, 0.29) is 23.5 Å². The largest absolute Gasteiger partial charge is 0.329 e. The lowest BCUT2D eigenvalue weighted by Gasteiger charge is -2.11. The Hall–Kier alpha value is -4.96. The van der Waals surface area contributed by atoms with Crippen LogP contribution in [0.4, 0.5) is 10.5 Å². The number of nitro benzene ring substituents is 1. The summed E-state index contributed by atoms with van der Waals surface area (Å²) in [5, 5.41) is 17.0. The zero-order valence-corrected chi connectivity index (χ0v) is 19.8. The second-order valence-electron chi connectivity index (χ2n) is 8.19. The molecule has 0 unspecified atom stereocenters. The van der Waals surface area contributed by atoms with Crippen molar-refractivity contribution in [1.29, 1.82) is 0 Å². The van der Waals surface area contributed by atoms with Crippen molar-refractivity contribution in [2.24, 2.45) is 0 Å². The van der Waals surface area contributed by atoms with Gasteiger partial charge in [0.15, 0.2) is 0 Å². The van der Waals surface area contributed by atoms with Crippen LogP contribution in [0.5, 0.6) is 0 Å². The minimum absolute atomic E-state index is 0.0663. The minimum Gasteiger partial charge on any atom is -0.303 e. The Kier molecular flexibility index (Phi) is 6.16. The molecule has 0 saturated carbocycles. The van der Waals surface area contributed by atoms with E-state index >= 15 is 0 Å². The van der Waals surface area contributed by atoms with Crippen LogP contribution in [0.3, 0.4) is 0 Å². The van der Waals surface area contributed by atoms with Crippen molar-refractivity contribution in [2.45, 2.75) is 6.54 Å². The molecule has 184 valence electrons. The lowest BCUT2D eigenvalue weighted by Crippen LogP contribution is -2.30. The van der Waals surface area contributed by atoms with Gasteiger partial charge in [-0.25, -0.2) is 9.48 Å². The van der Waals surface area contributed by atoms with Crippen LogP contribution in [0.1, 0.15) is 11.1 Å². The van der Waals surface area contributed by atoms with Gasteiger partial charge in [-0.1, -0.05) is 54.1 Å². The fourth-order valence-electron chi connectivity index (χ4n) is 3.95. The third kappa shape index (κ3) is 4.65. The van der Waals surface area contributed by atoms with Gasteiger partial charge in [0.2, 0.25) is 0 Å². The fourth-order valence-corrected chi connectivity index (χ4v) is 4.07. The number of rotatable bonds is 6. The van der Waals surface area contributed by atoms with Crippen LogP contribution < -0.4 is 10.9 Å². The molecule has 2 heterocycles. The number of amides is 3. The molecule has 0 aliphatic carbocycles. The van der Waals surface area contributed by atoms with Crippen LogP contribution in [0.15, 0.2) is 89.4 Å². The third-order valence-corrected chi connectivity index (χ3v) is 6.06. The molecule has 5 rings (SSSR count). The van der Waals surface area contributed by atoms with E-state index in [1.807, 2.05) is 30.3 Å². The first kappa shape index (κ1) is 23.8. The summed E-state index contributed by atoms with van der Waals surface area (Å²) in [6.45, 7) is -0.0896. The third-order valence-electron chi connectivity index (χ3n) is 5.81. The number of aromatic nitrogens is 2. The molecule has 10 nitrogen and oxygen atoms in total. The Bertz CT molecular complexity index is 1610. The van der Waals surface area contributed by atoms with Gasteiger partial charge in [-0.05, 0) is 35.9 Å². The number of nitrogens with zero attached hydrogens (tertiary/aromatic N) is 3. The number of imide groups is 1. The Morgan fingerprint density at radius 2 is 1.59 bits per heavy atom. The first-order chi connectivity index (χ1) is 17.8. The number of halogens is 1. The summed E-state index contributed by atoms with van der Waals surface area (Å²) in [7, 11) is 0. The maximum absolute atomic E-state index is 13.4. The molecule has 1 aliphatic rings. The summed E-state index contributed by atoms with van der Waals surface area (Å²) < 4.78 is 1.33. The van der Waals surface area contributed by atoms with Gasteiger partial charge in [-0.2, -0.15) is 0 Å². The van der Waals surface area contributed by atoms with Gasteiger partial charge in [0, 0.05) is 22.7 Å². The normalized spacial score (nSPS) is 14.3. The van der Waals surface area contributed by atoms with Crippen LogP contribution >= 0.6 is 11.6 Å². The Morgan fingerprint density at radius 1 is 0.919 bits per heavy atom. The molecule has 1 fully saturated rings. The summed E-state index contributed by atoms with van der Waals surface area (Å²) in [6, 6.07) is 20.7. The molecule has 0 atom stereocenters. The number of nitro groups is 1. The van der Waals surface area contributed by atoms with E-state index in [1.165, 1.54) is 35.0 Å². The standard InChI is InChI=1S/C26H18ClN5O5/c27-18-8-12-19(13-9-18)31-24(33)21(23(29-31)17-4-2-1-3-5-17)14-22-25(34)30(26(35)28-22)15-16-6-10-20(11-7-16)32(36)37/h1-14,29H,15H2,(H,28,35). The van der Waals surface area contributed by atoms with Crippen molar-refractivity contribution in [3.8, 4) is 16.9 Å². The fraction of sp³-hybridized carbons (Fsp3) is 0.0385.